The van der Waals surface area contributed by atoms with Gasteiger partial charge in [0.15, 0.2) is 0 Å². The fourth-order valence-electron chi connectivity index (χ4n) is 2.60. The second-order valence-electron chi connectivity index (χ2n) is 5.75. The van der Waals surface area contributed by atoms with Crippen molar-refractivity contribution in [3.05, 3.63) is 65.7 Å². The minimum Gasteiger partial charge on any atom is -0.350 e. The maximum absolute atomic E-state index is 12.2. The third kappa shape index (κ3) is 4.92. The molecule has 0 radical (unpaired) electrons. The first-order chi connectivity index (χ1) is 12.0. The number of nitrogens with zero attached hydrogens (tertiary/aromatic N) is 2. The molecule has 0 saturated heterocycles. The summed E-state index contributed by atoms with van der Waals surface area (Å²) >= 11 is 0. The molecule has 1 N–H and O–H groups in total. The molecule has 0 aliphatic rings. The molecule has 5 nitrogen and oxygen atoms in total. The molecule has 2 aromatic carbocycles. The standard InChI is InChI=1S/C20H21N3O2/c1-15(17-8-4-3-5-9-17)22-20(25)12-13-23(16(2)24)19-11-7-6-10-18(19)14-21/h3-11,15H,12-13H2,1-2H3,(H,22,25). The predicted octanol–water partition coefficient (Wildman–Crippen LogP) is 3.18. The number of rotatable bonds is 6. The summed E-state index contributed by atoms with van der Waals surface area (Å²) in [4.78, 5) is 25.6. The minimum absolute atomic E-state index is 0.106. The summed E-state index contributed by atoms with van der Waals surface area (Å²) in [7, 11) is 0. The van der Waals surface area contributed by atoms with E-state index in [-0.39, 0.29) is 30.8 Å². The van der Waals surface area contributed by atoms with E-state index < -0.39 is 0 Å². The number of nitrogens with one attached hydrogen (secondary N) is 1. The molecule has 5 heteroatoms. The second kappa shape index (κ2) is 8.65. The van der Waals surface area contributed by atoms with Crippen molar-refractivity contribution in [3.63, 3.8) is 0 Å². The molecule has 2 aromatic rings. The van der Waals surface area contributed by atoms with E-state index in [4.69, 9.17) is 0 Å². The lowest BCUT2D eigenvalue weighted by Crippen LogP contribution is -2.35. The summed E-state index contributed by atoms with van der Waals surface area (Å²) in [5.74, 6) is -0.344. The van der Waals surface area contributed by atoms with E-state index in [2.05, 4.69) is 11.4 Å². The summed E-state index contributed by atoms with van der Waals surface area (Å²) in [5, 5.41) is 12.1. The van der Waals surface area contributed by atoms with Crippen LogP contribution in [0.4, 0.5) is 5.69 Å². The number of carbonyl (C=O) groups is 2. The lowest BCUT2D eigenvalue weighted by atomic mass is 10.1. The van der Waals surface area contributed by atoms with Crippen LogP contribution in [0.15, 0.2) is 54.6 Å². The van der Waals surface area contributed by atoms with Crippen LogP contribution < -0.4 is 10.2 Å². The number of hydrogen-bond acceptors (Lipinski definition) is 3. The molecule has 0 bridgehead atoms. The lowest BCUT2D eigenvalue weighted by Gasteiger charge is -2.22. The van der Waals surface area contributed by atoms with Crippen molar-refractivity contribution in [1.29, 1.82) is 5.26 Å². The van der Waals surface area contributed by atoms with Crippen LogP contribution in [0, 0.1) is 11.3 Å². The molecule has 2 amide bonds. The molecule has 0 saturated carbocycles. The molecule has 0 aliphatic heterocycles. The Balaban J connectivity index is 2.01. The van der Waals surface area contributed by atoms with Crippen molar-refractivity contribution < 1.29 is 9.59 Å². The Kier molecular flexibility index (Phi) is 6.30. The Morgan fingerprint density at radius 2 is 1.76 bits per heavy atom. The van der Waals surface area contributed by atoms with Crippen molar-refractivity contribution in [3.8, 4) is 6.07 Å². The van der Waals surface area contributed by atoms with Gasteiger partial charge in [0.25, 0.3) is 0 Å². The van der Waals surface area contributed by atoms with Crippen LogP contribution >= 0.6 is 0 Å². The van der Waals surface area contributed by atoms with Gasteiger partial charge in [-0.15, -0.1) is 0 Å². The Morgan fingerprint density at radius 1 is 1.12 bits per heavy atom. The van der Waals surface area contributed by atoms with E-state index in [0.717, 1.165) is 5.56 Å². The monoisotopic (exact) mass is 335 g/mol. The first-order valence-electron chi connectivity index (χ1n) is 8.14. The molecule has 1 atom stereocenters. The highest BCUT2D eigenvalue weighted by molar-refractivity contribution is 5.93. The SMILES string of the molecule is CC(=O)N(CCC(=O)NC(C)c1ccccc1)c1ccccc1C#N. The van der Waals surface area contributed by atoms with E-state index >= 15 is 0 Å². The Labute approximate surface area is 147 Å². The van der Waals surface area contributed by atoms with Crippen LogP contribution in [-0.2, 0) is 9.59 Å². The van der Waals surface area contributed by atoms with Crippen LogP contribution in [0.5, 0.6) is 0 Å². The van der Waals surface area contributed by atoms with Crippen molar-refractivity contribution >= 4 is 17.5 Å². The maximum Gasteiger partial charge on any atom is 0.223 e. The van der Waals surface area contributed by atoms with Gasteiger partial charge in [-0.05, 0) is 24.6 Å². The number of anilines is 1. The summed E-state index contributed by atoms with van der Waals surface area (Å²) in [6, 6.07) is 18.5. The van der Waals surface area contributed by atoms with E-state index in [1.807, 2.05) is 37.3 Å². The number of carbonyl (C=O) groups excluding carboxylic acids is 2. The van der Waals surface area contributed by atoms with Crippen LogP contribution in [-0.4, -0.2) is 18.4 Å². The van der Waals surface area contributed by atoms with Gasteiger partial charge >= 0.3 is 0 Å². The Bertz CT molecular complexity index is 781. The molecule has 25 heavy (non-hydrogen) atoms. The van der Waals surface area contributed by atoms with E-state index in [1.165, 1.54) is 11.8 Å². The third-order valence-electron chi connectivity index (χ3n) is 3.93. The first kappa shape index (κ1) is 18.2. The second-order valence-corrected chi connectivity index (χ2v) is 5.75. The maximum atomic E-state index is 12.2. The molecular formula is C20H21N3O2. The van der Waals surface area contributed by atoms with Crippen molar-refractivity contribution in [1.82, 2.24) is 5.32 Å². The highest BCUT2D eigenvalue weighted by Gasteiger charge is 2.17. The van der Waals surface area contributed by atoms with Gasteiger partial charge in [-0.1, -0.05) is 42.5 Å². The van der Waals surface area contributed by atoms with Gasteiger partial charge in [0, 0.05) is 19.9 Å². The quantitative estimate of drug-likeness (QED) is 0.881. The minimum atomic E-state index is -0.202. The van der Waals surface area contributed by atoms with Gasteiger partial charge in [-0.2, -0.15) is 5.26 Å². The largest absolute Gasteiger partial charge is 0.350 e. The van der Waals surface area contributed by atoms with Crippen LogP contribution in [0.2, 0.25) is 0 Å². The van der Waals surface area contributed by atoms with Crippen LogP contribution in [0.3, 0.4) is 0 Å². The fourth-order valence-corrected chi connectivity index (χ4v) is 2.60. The molecule has 0 spiro atoms. The number of benzene rings is 2. The van der Waals surface area contributed by atoms with Gasteiger partial charge in [-0.25, -0.2) is 0 Å². The number of hydrogen-bond donors (Lipinski definition) is 1. The number of nitriles is 1. The summed E-state index contributed by atoms with van der Waals surface area (Å²) in [5.41, 5.74) is 1.96. The third-order valence-corrected chi connectivity index (χ3v) is 3.93. The number of para-hydroxylation sites is 1. The van der Waals surface area contributed by atoms with Gasteiger partial charge in [0.05, 0.1) is 17.3 Å². The van der Waals surface area contributed by atoms with Gasteiger partial charge < -0.3 is 10.2 Å². The summed E-state index contributed by atoms with van der Waals surface area (Å²) < 4.78 is 0. The normalized spacial score (nSPS) is 11.2. The number of amides is 2. The molecule has 2 rings (SSSR count). The summed E-state index contributed by atoms with van der Waals surface area (Å²) in [6.45, 7) is 3.57. The first-order valence-corrected chi connectivity index (χ1v) is 8.14. The Morgan fingerprint density at radius 3 is 2.40 bits per heavy atom. The smallest absolute Gasteiger partial charge is 0.223 e. The van der Waals surface area contributed by atoms with Gasteiger partial charge in [0.1, 0.15) is 6.07 Å². The van der Waals surface area contributed by atoms with E-state index in [0.29, 0.717) is 11.3 Å². The van der Waals surface area contributed by atoms with Crippen molar-refractivity contribution in [2.45, 2.75) is 26.3 Å². The van der Waals surface area contributed by atoms with Crippen molar-refractivity contribution in [2.24, 2.45) is 0 Å². The van der Waals surface area contributed by atoms with Crippen LogP contribution in [0.1, 0.15) is 37.4 Å². The molecule has 0 aromatic heterocycles. The predicted molar refractivity (Wildman–Crippen MR) is 96.8 cm³/mol. The molecule has 1 unspecified atom stereocenters. The average Bonchev–Trinajstić information content (AvgIpc) is 2.62. The van der Waals surface area contributed by atoms with E-state index in [9.17, 15) is 14.9 Å². The molecular weight excluding hydrogens is 314 g/mol. The topological polar surface area (TPSA) is 73.2 Å². The average molecular weight is 335 g/mol. The van der Waals surface area contributed by atoms with Crippen LogP contribution in [0.25, 0.3) is 0 Å². The summed E-state index contributed by atoms with van der Waals surface area (Å²) in [6.07, 6.45) is 0.163. The fraction of sp³-hybridized carbons (Fsp3) is 0.250. The highest BCUT2D eigenvalue weighted by Crippen LogP contribution is 2.20. The Hall–Kier alpha value is -3.13. The zero-order chi connectivity index (χ0) is 18.2. The highest BCUT2D eigenvalue weighted by atomic mass is 16.2. The zero-order valence-corrected chi connectivity index (χ0v) is 14.4. The van der Waals surface area contributed by atoms with E-state index in [1.54, 1.807) is 24.3 Å². The zero-order valence-electron chi connectivity index (χ0n) is 14.4. The molecule has 0 heterocycles. The lowest BCUT2D eigenvalue weighted by molar-refractivity contribution is -0.121. The van der Waals surface area contributed by atoms with Gasteiger partial charge in [-0.3, -0.25) is 9.59 Å². The molecule has 0 aliphatic carbocycles. The molecule has 128 valence electrons. The van der Waals surface area contributed by atoms with Crippen molar-refractivity contribution in [2.75, 3.05) is 11.4 Å². The molecule has 0 fully saturated rings. The van der Waals surface area contributed by atoms with Gasteiger partial charge in [0.2, 0.25) is 11.8 Å².